The second-order valence-electron chi connectivity index (χ2n) is 11.1. The Morgan fingerprint density at radius 2 is 1.17 bits per heavy atom. The molecule has 0 saturated carbocycles. The quantitative estimate of drug-likeness (QED) is 0.0399. The summed E-state index contributed by atoms with van der Waals surface area (Å²) in [6.45, 7) is 0. The predicted molar refractivity (Wildman–Crippen MR) is 178 cm³/mol. The number of aliphatic hydroxyl groups excluding tert-OH is 3. The van der Waals surface area contributed by atoms with Crippen molar-refractivity contribution in [2.45, 2.75) is 6.42 Å². The third-order valence-corrected chi connectivity index (χ3v) is 8.63. The van der Waals surface area contributed by atoms with E-state index in [1.165, 1.54) is 0 Å². The third kappa shape index (κ3) is 4.09. The van der Waals surface area contributed by atoms with Gasteiger partial charge in [0.15, 0.2) is 17.3 Å². The number of benzene rings is 6. The van der Waals surface area contributed by atoms with Gasteiger partial charge in [0.05, 0.1) is 0 Å². The van der Waals surface area contributed by atoms with Gasteiger partial charge in [-0.1, -0.05) is 91.0 Å². The van der Waals surface area contributed by atoms with E-state index in [-0.39, 0.29) is 28.0 Å². The summed E-state index contributed by atoms with van der Waals surface area (Å²) in [7, 11) is 0. The first-order chi connectivity index (χ1) is 22.2. The van der Waals surface area contributed by atoms with Crippen molar-refractivity contribution < 1.29 is 35.7 Å². The molecule has 0 saturated heterocycles. The fourth-order valence-corrected chi connectivity index (χ4v) is 6.53. The zero-order valence-corrected chi connectivity index (χ0v) is 24.2. The molecule has 0 aliphatic heterocycles. The second-order valence-corrected chi connectivity index (χ2v) is 11.1. The lowest BCUT2D eigenvalue weighted by Crippen LogP contribution is -2.35. The minimum atomic E-state index is -0.967. The van der Waals surface area contributed by atoms with Gasteiger partial charge in [-0.15, -0.1) is 6.42 Å². The van der Waals surface area contributed by atoms with Crippen LogP contribution in [0.3, 0.4) is 0 Å². The van der Waals surface area contributed by atoms with Crippen LogP contribution in [-0.2, 0) is 0 Å². The summed E-state index contributed by atoms with van der Waals surface area (Å²) in [6, 6.07) is 30.1. The van der Waals surface area contributed by atoms with E-state index in [1.807, 2.05) is 72.7 Å². The van der Waals surface area contributed by atoms with Gasteiger partial charge in [0.25, 0.3) is 0 Å². The summed E-state index contributed by atoms with van der Waals surface area (Å²) in [4.78, 5) is 0. The summed E-state index contributed by atoms with van der Waals surface area (Å²) in [6.07, 6.45) is 5.16. The van der Waals surface area contributed by atoms with Crippen LogP contribution in [0.4, 0.5) is 0 Å². The molecule has 7 N–H and O–H groups in total. The highest BCUT2D eigenvalue weighted by molar-refractivity contribution is 6.20. The molecule has 0 atom stereocenters. The highest BCUT2D eigenvalue weighted by Gasteiger charge is 2.31. The molecule has 0 bridgehead atoms. The molecule has 0 spiro atoms. The molecule has 1 aliphatic carbocycles. The average molecular weight is 607 g/mol. The Kier molecular flexibility index (Phi) is 6.50. The number of aliphatic hydroxyl groups is 3. The first-order valence-corrected chi connectivity index (χ1v) is 14.4. The highest BCUT2D eigenvalue weighted by atomic mass is 16.3. The zero-order valence-electron chi connectivity index (χ0n) is 24.2. The summed E-state index contributed by atoms with van der Waals surface area (Å²) in [5.74, 6) is -4.05. The Labute approximate surface area is 262 Å². The molecule has 0 fully saturated rings. The van der Waals surface area contributed by atoms with Gasteiger partial charge in [-0.05, 0) is 61.0 Å². The fraction of sp³-hybridized carbons (Fsp3) is 0.0256. The van der Waals surface area contributed by atoms with Gasteiger partial charge in [-0.25, -0.2) is 0 Å². The van der Waals surface area contributed by atoms with Crippen molar-refractivity contribution in [1.82, 2.24) is 0 Å². The summed E-state index contributed by atoms with van der Waals surface area (Å²) < 4.78 is 0. The maximum absolute atomic E-state index is 11.5. The van der Waals surface area contributed by atoms with Gasteiger partial charge in [0, 0.05) is 28.0 Å². The van der Waals surface area contributed by atoms with Crippen molar-refractivity contribution in [3.8, 4) is 35.3 Å². The van der Waals surface area contributed by atoms with Crippen LogP contribution >= 0.6 is 0 Å². The zero-order chi connectivity index (χ0) is 32.3. The largest absolute Gasteiger partial charge is 0.504 e. The average Bonchev–Trinajstić information content (AvgIpc) is 3.11. The van der Waals surface area contributed by atoms with Crippen LogP contribution in [0.2, 0.25) is 0 Å². The molecule has 0 aromatic heterocycles. The maximum Gasteiger partial charge on any atom is 0.213 e. The van der Waals surface area contributed by atoms with E-state index < -0.39 is 40.3 Å². The number of allylic oxidation sites excluding steroid dienone is 2. The lowest BCUT2D eigenvalue weighted by molar-refractivity contribution is 0.291. The Bertz CT molecular complexity index is 2520. The van der Waals surface area contributed by atoms with Crippen LogP contribution < -0.4 is 10.4 Å². The molecular weight excluding hydrogens is 580 g/mol. The normalized spacial score (nSPS) is 14.7. The number of phenols is 4. The Morgan fingerprint density at radius 1 is 0.587 bits per heavy atom. The van der Waals surface area contributed by atoms with E-state index in [1.54, 1.807) is 30.3 Å². The van der Waals surface area contributed by atoms with Crippen LogP contribution in [0.25, 0.3) is 43.5 Å². The lowest BCUT2D eigenvalue weighted by atomic mass is 9.79. The lowest BCUT2D eigenvalue weighted by Gasteiger charge is -2.25. The van der Waals surface area contributed by atoms with E-state index in [4.69, 9.17) is 6.42 Å². The summed E-state index contributed by atoms with van der Waals surface area (Å²) in [5.41, 5.74) is 1.56. The van der Waals surface area contributed by atoms with E-state index in [9.17, 15) is 35.7 Å². The molecule has 7 nitrogen and oxygen atoms in total. The van der Waals surface area contributed by atoms with Crippen molar-refractivity contribution >= 4 is 43.5 Å². The maximum atomic E-state index is 11.5. The van der Waals surface area contributed by atoms with E-state index >= 15 is 0 Å². The van der Waals surface area contributed by atoms with Gasteiger partial charge in [-0.2, -0.15) is 0 Å². The molecule has 0 heterocycles. The number of terminal acetylenes is 1. The molecule has 224 valence electrons. The second kappa shape index (κ2) is 10.6. The van der Waals surface area contributed by atoms with Crippen molar-refractivity contribution in [3.63, 3.8) is 0 Å². The molecular formula is C39H26O7. The van der Waals surface area contributed by atoms with Crippen LogP contribution in [-0.4, -0.2) is 35.7 Å². The first kappa shape index (κ1) is 28.3. The smallest absolute Gasteiger partial charge is 0.213 e. The van der Waals surface area contributed by atoms with Crippen molar-refractivity contribution in [1.29, 1.82) is 0 Å². The molecule has 46 heavy (non-hydrogen) atoms. The van der Waals surface area contributed by atoms with Crippen molar-refractivity contribution in [2.75, 3.05) is 0 Å². The monoisotopic (exact) mass is 606 g/mol. The summed E-state index contributed by atoms with van der Waals surface area (Å²) in [5, 5.41) is 82.5. The molecule has 6 aromatic carbocycles. The number of hydrogen-bond acceptors (Lipinski definition) is 7. The van der Waals surface area contributed by atoms with E-state index in [0.717, 1.165) is 32.3 Å². The molecule has 7 rings (SSSR count). The fourth-order valence-electron chi connectivity index (χ4n) is 6.53. The molecule has 0 radical (unpaired) electrons. The number of hydrogen-bond donors (Lipinski definition) is 7. The number of aromatic hydroxyl groups is 4. The van der Waals surface area contributed by atoms with Crippen LogP contribution in [0, 0.1) is 12.3 Å². The standard InChI is InChI=1S/C39H26O7/c1-2-30(40)35(42)34(41)29-19-28(32-33(31(29)21-11-4-3-5-12-21)37(44)39(46)38(45)36(32)43)27-18-26-22-13-7-6-10-20(22)16-17-25(26)23-14-8-9-15-24(23)27/h1,3-18,40-46H,19H2/b34-29-,35-30-. The van der Waals surface area contributed by atoms with E-state index in [2.05, 4.69) is 0 Å². The van der Waals surface area contributed by atoms with Crippen molar-refractivity contribution in [2.24, 2.45) is 0 Å². The van der Waals surface area contributed by atoms with E-state index in [0.29, 0.717) is 16.7 Å². The minimum absolute atomic E-state index is 0.0255. The number of phenolic OH excluding ortho intramolecular Hbond substituents is 4. The van der Waals surface area contributed by atoms with Gasteiger partial charge >= 0.3 is 0 Å². The topological polar surface area (TPSA) is 142 Å². The van der Waals surface area contributed by atoms with Gasteiger partial charge in [0.2, 0.25) is 23.0 Å². The van der Waals surface area contributed by atoms with Gasteiger partial charge < -0.3 is 35.7 Å². The van der Waals surface area contributed by atoms with Gasteiger partial charge in [0.1, 0.15) is 0 Å². The highest BCUT2D eigenvalue weighted by Crippen LogP contribution is 2.44. The molecule has 7 heteroatoms. The Balaban J connectivity index is 1.78. The van der Waals surface area contributed by atoms with Crippen LogP contribution in [0.5, 0.6) is 23.0 Å². The molecule has 0 amide bonds. The summed E-state index contributed by atoms with van der Waals surface area (Å²) >= 11 is 0. The Hall–Kier alpha value is -6.52. The minimum Gasteiger partial charge on any atom is -0.504 e. The molecule has 0 unspecified atom stereocenters. The van der Waals surface area contributed by atoms with Crippen LogP contribution in [0.15, 0.2) is 120 Å². The van der Waals surface area contributed by atoms with Gasteiger partial charge in [-0.3, -0.25) is 0 Å². The Morgan fingerprint density at radius 3 is 1.87 bits per heavy atom. The third-order valence-electron chi connectivity index (χ3n) is 8.63. The molecule has 6 aromatic rings. The predicted octanol–water partition coefficient (Wildman–Crippen LogP) is 6.54. The SMILES string of the molecule is C#C/C(O)=C(O)\C(O)=C1/CC(c2cc3c4ccccc4ccc3c3ccccc23)=c2c(O)c(O)c(O)c(O)c2=C1c1ccccc1. The number of rotatable bonds is 3. The number of fused-ring (bicyclic) bond motifs is 6. The van der Waals surface area contributed by atoms with Crippen molar-refractivity contribution in [3.05, 3.63) is 141 Å². The first-order valence-electron chi connectivity index (χ1n) is 14.4. The molecule has 1 aliphatic rings. The van der Waals surface area contributed by atoms with Crippen LogP contribution in [0.1, 0.15) is 17.5 Å².